The van der Waals surface area contributed by atoms with Gasteiger partial charge in [0.2, 0.25) is 0 Å². The first-order chi connectivity index (χ1) is 9.97. The molecule has 0 aliphatic rings. The number of benzene rings is 1. The Bertz CT molecular complexity index is 374. The first-order valence-electron chi connectivity index (χ1n) is 8.44. The van der Waals surface area contributed by atoms with Crippen molar-refractivity contribution >= 4 is 0 Å². The predicted octanol–water partition coefficient (Wildman–Crippen LogP) is -1.55. The van der Waals surface area contributed by atoms with Gasteiger partial charge in [-0.15, -0.1) is 0 Å². The van der Waals surface area contributed by atoms with Gasteiger partial charge in [0, 0.05) is 18.4 Å². The van der Waals surface area contributed by atoms with Crippen molar-refractivity contribution in [1.82, 2.24) is 0 Å². The van der Waals surface area contributed by atoms with Gasteiger partial charge in [-0.05, 0) is 6.92 Å². The zero-order chi connectivity index (χ0) is 15.7. The van der Waals surface area contributed by atoms with E-state index in [-0.39, 0.29) is 0 Å². The first kappa shape index (κ1) is 18.1. The Labute approximate surface area is 131 Å². The minimum Gasteiger partial charge on any atom is -0.340 e. The van der Waals surface area contributed by atoms with Crippen molar-refractivity contribution in [2.75, 3.05) is 54.4 Å². The van der Waals surface area contributed by atoms with Gasteiger partial charge in [-0.3, -0.25) is 0 Å². The summed E-state index contributed by atoms with van der Waals surface area (Å²) in [6.45, 7) is 8.50. The van der Waals surface area contributed by atoms with E-state index in [4.69, 9.17) is 0 Å². The maximum absolute atomic E-state index is 2.34. The molecule has 0 saturated heterocycles. The van der Waals surface area contributed by atoms with Crippen molar-refractivity contribution in [3.05, 3.63) is 35.4 Å². The van der Waals surface area contributed by atoms with Gasteiger partial charge >= 0.3 is 0 Å². The van der Waals surface area contributed by atoms with Crippen LogP contribution >= 0.6 is 0 Å². The molecule has 1 rings (SSSR count). The standard InChI is InChI=1S/C18H33N3/c1-17-9-6-10-18(15-17)16-21(13-7-11-19(2)3)14-8-12-20(4)5/h6,9-10,15H,7-8,11-14,16H2,1-5H3/p+3. The molecule has 3 nitrogen and oxygen atoms in total. The number of hydrogen-bond donors (Lipinski definition) is 3. The lowest BCUT2D eigenvalue weighted by molar-refractivity contribution is -0.925. The summed E-state index contributed by atoms with van der Waals surface area (Å²) in [5.41, 5.74) is 2.86. The van der Waals surface area contributed by atoms with Gasteiger partial charge in [-0.2, -0.15) is 0 Å². The lowest BCUT2D eigenvalue weighted by Gasteiger charge is -2.20. The van der Waals surface area contributed by atoms with E-state index in [1.165, 1.54) is 56.7 Å². The van der Waals surface area contributed by atoms with Gasteiger partial charge in [-0.1, -0.05) is 29.8 Å². The largest absolute Gasteiger partial charge is 0.340 e. The molecule has 0 atom stereocenters. The van der Waals surface area contributed by atoms with Gasteiger partial charge < -0.3 is 14.7 Å². The number of quaternary nitrogens is 3. The van der Waals surface area contributed by atoms with E-state index >= 15 is 0 Å². The molecule has 0 amide bonds. The van der Waals surface area contributed by atoms with Crippen LogP contribution in [0.25, 0.3) is 0 Å². The highest BCUT2D eigenvalue weighted by Crippen LogP contribution is 2.01. The molecule has 0 aromatic heterocycles. The summed E-state index contributed by atoms with van der Waals surface area (Å²) in [5.74, 6) is 0. The summed E-state index contributed by atoms with van der Waals surface area (Å²) in [6, 6.07) is 9.00. The summed E-state index contributed by atoms with van der Waals surface area (Å²) in [5, 5.41) is 0. The van der Waals surface area contributed by atoms with Crippen LogP contribution < -0.4 is 14.7 Å². The smallest absolute Gasteiger partial charge is 0.103 e. The highest BCUT2D eigenvalue weighted by atomic mass is 15.1. The van der Waals surface area contributed by atoms with E-state index in [1.54, 1.807) is 14.7 Å². The molecule has 0 aliphatic heterocycles. The minimum absolute atomic E-state index is 1.17. The summed E-state index contributed by atoms with van der Waals surface area (Å²) in [6.07, 6.45) is 2.64. The summed E-state index contributed by atoms with van der Waals surface area (Å²) < 4.78 is 0. The highest BCUT2D eigenvalue weighted by Gasteiger charge is 2.11. The van der Waals surface area contributed by atoms with Crippen LogP contribution in [-0.2, 0) is 6.54 Å². The average molecular weight is 295 g/mol. The molecule has 3 N–H and O–H groups in total. The van der Waals surface area contributed by atoms with Crippen molar-refractivity contribution in [3.8, 4) is 0 Å². The second-order valence-corrected chi connectivity index (χ2v) is 7.04. The normalized spacial score (nSPS) is 11.8. The van der Waals surface area contributed by atoms with Crippen LogP contribution in [-0.4, -0.2) is 54.4 Å². The van der Waals surface area contributed by atoms with Crippen LogP contribution in [0.2, 0.25) is 0 Å². The van der Waals surface area contributed by atoms with Crippen molar-refractivity contribution in [2.45, 2.75) is 26.3 Å². The lowest BCUT2D eigenvalue weighted by atomic mass is 10.1. The Kier molecular flexibility index (Phi) is 8.58. The molecule has 0 unspecified atom stereocenters. The van der Waals surface area contributed by atoms with Crippen molar-refractivity contribution in [1.29, 1.82) is 0 Å². The maximum atomic E-state index is 2.34. The Morgan fingerprint density at radius 2 is 1.38 bits per heavy atom. The zero-order valence-corrected chi connectivity index (χ0v) is 14.8. The molecule has 1 aromatic carbocycles. The van der Waals surface area contributed by atoms with Gasteiger partial charge in [0.1, 0.15) is 6.54 Å². The summed E-state index contributed by atoms with van der Waals surface area (Å²) >= 11 is 0. The fourth-order valence-corrected chi connectivity index (χ4v) is 2.80. The van der Waals surface area contributed by atoms with Crippen LogP contribution in [0.5, 0.6) is 0 Å². The second kappa shape index (κ2) is 9.93. The van der Waals surface area contributed by atoms with E-state index in [0.717, 1.165) is 0 Å². The van der Waals surface area contributed by atoms with Gasteiger partial charge in [-0.25, -0.2) is 0 Å². The molecular weight excluding hydrogens is 258 g/mol. The zero-order valence-electron chi connectivity index (χ0n) is 14.8. The Hall–Kier alpha value is -0.900. The lowest BCUT2D eigenvalue weighted by Crippen LogP contribution is -3.13. The van der Waals surface area contributed by atoms with E-state index in [2.05, 4.69) is 59.4 Å². The summed E-state index contributed by atoms with van der Waals surface area (Å²) in [7, 11) is 8.98. The highest BCUT2D eigenvalue weighted by molar-refractivity contribution is 5.21. The second-order valence-electron chi connectivity index (χ2n) is 7.04. The fraction of sp³-hybridized carbons (Fsp3) is 0.667. The Morgan fingerprint density at radius 1 is 0.810 bits per heavy atom. The third-order valence-corrected chi connectivity index (χ3v) is 3.95. The average Bonchev–Trinajstić information content (AvgIpc) is 2.37. The molecule has 0 saturated carbocycles. The van der Waals surface area contributed by atoms with Crippen molar-refractivity contribution in [2.24, 2.45) is 0 Å². The molecule has 21 heavy (non-hydrogen) atoms. The van der Waals surface area contributed by atoms with E-state index in [9.17, 15) is 0 Å². The van der Waals surface area contributed by atoms with E-state index < -0.39 is 0 Å². The monoisotopic (exact) mass is 294 g/mol. The third kappa shape index (κ3) is 8.86. The van der Waals surface area contributed by atoms with Gasteiger partial charge in [0.15, 0.2) is 0 Å². The SMILES string of the molecule is Cc1cccc(C[NH+](CCC[NH+](C)C)CCC[NH+](C)C)c1. The first-order valence-corrected chi connectivity index (χ1v) is 8.44. The maximum Gasteiger partial charge on any atom is 0.103 e. The number of aryl methyl sites for hydroxylation is 1. The molecule has 0 bridgehead atoms. The molecule has 0 aliphatic carbocycles. The van der Waals surface area contributed by atoms with Crippen LogP contribution in [0.1, 0.15) is 24.0 Å². The van der Waals surface area contributed by atoms with Crippen LogP contribution in [0.15, 0.2) is 24.3 Å². The van der Waals surface area contributed by atoms with Gasteiger partial charge in [0.25, 0.3) is 0 Å². The molecule has 120 valence electrons. The Morgan fingerprint density at radius 3 is 1.86 bits per heavy atom. The predicted molar refractivity (Wildman–Crippen MR) is 90.2 cm³/mol. The van der Waals surface area contributed by atoms with Crippen LogP contribution in [0.4, 0.5) is 0 Å². The molecule has 0 heterocycles. The minimum atomic E-state index is 1.17. The summed E-state index contributed by atoms with van der Waals surface area (Å²) in [4.78, 5) is 4.85. The molecule has 1 aromatic rings. The molecule has 0 fully saturated rings. The van der Waals surface area contributed by atoms with E-state index in [1.807, 2.05) is 0 Å². The Balaban J connectivity index is 2.49. The third-order valence-electron chi connectivity index (χ3n) is 3.95. The quantitative estimate of drug-likeness (QED) is 0.463. The topological polar surface area (TPSA) is 13.3 Å². The van der Waals surface area contributed by atoms with Gasteiger partial charge in [0.05, 0.1) is 54.4 Å². The molecule has 0 spiro atoms. The number of nitrogens with one attached hydrogen (secondary N) is 3. The molecular formula is C18H36N3+3. The van der Waals surface area contributed by atoms with Crippen molar-refractivity contribution in [3.63, 3.8) is 0 Å². The fourth-order valence-electron chi connectivity index (χ4n) is 2.80. The molecule has 3 heteroatoms. The van der Waals surface area contributed by atoms with E-state index in [0.29, 0.717) is 0 Å². The van der Waals surface area contributed by atoms with Crippen LogP contribution in [0.3, 0.4) is 0 Å². The number of hydrogen-bond acceptors (Lipinski definition) is 0. The van der Waals surface area contributed by atoms with Crippen LogP contribution in [0, 0.1) is 6.92 Å². The number of rotatable bonds is 10. The molecule has 0 radical (unpaired) electrons. The van der Waals surface area contributed by atoms with Crippen molar-refractivity contribution < 1.29 is 14.7 Å².